The fraction of sp³-hybridized carbons (Fsp3) is 0.364. The maximum Gasteiger partial charge on any atom is 0.301 e. The minimum atomic E-state index is -1.71. The minimum Gasteiger partial charge on any atom is -0.394 e. The predicted octanol–water partition coefficient (Wildman–Crippen LogP) is -1.02. The van der Waals surface area contributed by atoms with Gasteiger partial charge in [-0.15, -0.1) is 0 Å². The summed E-state index contributed by atoms with van der Waals surface area (Å²) in [4.78, 5) is 19.8. The first-order chi connectivity index (χ1) is 10.8. The zero-order valence-corrected chi connectivity index (χ0v) is 11.5. The highest BCUT2D eigenvalue weighted by molar-refractivity contribution is 5.69. The standard InChI is InChI=1S/C11H14N4O8/c16-5-10(18)11(19)9(17)4-12-13-7-2-1-6(14(20)21)3-8(7)15(22)23/h1-4,9-11,13,16-19H,5H2/t9-,10+,11+/m0/s1. The Morgan fingerprint density at radius 1 is 1.22 bits per heavy atom. The second-order valence-corrected chi connectivity index (χ2v) is 4.34. The lowest BCUT2D eigenvalue weighted by Crippen LogP contribution is -2.40. The van der Waals surface area contributed by atoms with Gasteiger partial charge in [0.2, 0.25) is 0 Å². The van der Waals surface area contributed by atoms with Crippen LogP contribution in [0, 0.1) is 20.2 Å². The molecule has 0 fully saturated rings. The predicted molar refractivity (Wildman–Crippen MR) is 77.0 cm³/mol. The molecule has 0 aliphatic heterocycles. The summed E-state index contributed by atoms with van der Waals surface area (Å²) in [6.45, 7) is -0.784. The van der Waals surface area contributed by atoms with Crippen molar-refractivity contribution in [3.63, 3.8) is 0 Å². The first-order valence-corrected chi connectivity index (χ1v) is 6.15. The number of nitrogens with one attached hydrogen (secondary N) is 1. The minimum absolute atomic E-state index is 0.179. The highest BCUT2D eigenvalue weighted by atomic mass is 16.6. The monoisotopic (exact) mass is 330 g/mol. The zero-order valence-electron chi connectivity index (χ0n) is 11.5. The number of hydrogen-bond donors (Lipinski definition) is 5. The van der Waals surface area contributed by atoms with Gasteiger partial charge in [0.25, 0.3) is 5.69 Å². The summed E-state index contributed by atoms with van der Waals surface area (Å²) in [5, 5.41) is 61.5. The van der Waals surface area contributed by atoms with Gasteiger partial charge < -0.3 is 20.4 Å². The normalized spacial score (nSPS) is 15.1. The van der Waals surface area contributed by atoms with Crippen LogP contribution < -0.4 is 5.43 Å². The van der Waals surface area contributed by atoms with Crippen LogP contribution in [0.1, 0.15) is 0 Å². The van der Waals surface area contributed by atoms with Gasteiger partial charge in [-0.05, 0) is 6.07 Å². The van der Waals surface area contributed by atoms with Crippen LogP contribution in [0.2, 0.25) is 0 Å². The van der Waals surface area contributed by atoms with E-state index < -0.39 is 46.1 Å². The Morgan fingerprint density at radius 3 is 2.39 bits per heavy atom. The van der Waals surface area contributed by atoms with Crippen molar-refractivity contribution in [2.24, 2.45) is 5.10 Å². The van der Waals surface area contributed by atoms with Crippen molar-refractivity contribution in [3.05, 3.63) is 38.4 Å². The van der Waals surface area contributed by atoms with Gasteiger partial charge in [0, 0.05) is 6.07 Å². The first-order valence-electron chi connectivity index (χ1n) is 6.15. The van der Waals surface area contributed by atoms with E-state index in [0.717, 1.165) is 24.4 Å². The average Bonchev–Trinajstić information content (AvgIpc) is 2.52. The van der Waals surface area contributed by atoms with Gasteiger partial charge in [0.1, 0.15) is 24.0 Å². The van der Waals surface area contributed by atoms with Crippen molar-refractivity contribution in [1.82, 2.24) is 0 Å². The summed E-state index contributed by atoms with van der Waals surface area (Å²) in [7, 11) is 0. The van der Waals surface area contributed by atoms with Crippen LogP contribution in [0.4, 0.5) is 17.1 Å². The van der Waals surface area contributed by atoms with Crippen LogP contribution in [0.15, 0.2) is 23.3 Å². The van der Waals surface area contributed by atoms with Crippen LogP contribution >= 0.6 is 0 Å². The second kappa shape index (κ2) is 8.09. The molecule has 0 aliphatic rings. The number of aliphatic hydroxyl groups excluding tert-OH is 4. The summed E-state index contributed by atoms with van der Waals surface area (Å²) in [5.74, 6) is 0. The number of nitrogens with zero attached hydrogens (tertiary/aromatic N) is 3. The van der Waals surface area contributed by atoms with Crippen molar-refractivity contribution in [1.29, 1.82) is 0 Å². The second-order valence-electron chi connectivity index (χ2n) is 4.34. The third kappa shape index (κ3) is 4.93. The molecule has 0 aromatic heterocycles. The highest BCUT2D eigenvalue weighted by Gasteiger charge is 2.23. The lowest BCUT2D eigenvalue weighted by molar-refractivity contribution is -0.393. The van der Waals surface area contributed by atoms with Crippen molar-refractivity contribution in [2.45, 2.75) is 18.3 Å². The Labute approximate surface area is 128 Å². The van der Waals surface area contributed by atoms with Crippen LogP contribution in [0.5, 0.6) is 0 Å². The number of hydrazone groups is 1. The molecular formula is C11H14N4O8. The molecular weight excluding hydrogens is 316 g/mol. The zero-order chi connectivity index (χ0) is 17.6. The lowest BCUT2D eigenvalue weighted by Gasteiger charge is -2.18. The Morgan fingerprint density at radius 2 is 1.87 bits per heavy atom. The Bertz CT molecular complexity index is 608. The number of non-ortho nitro benzene ring substituents is 1. The van der Waals surface area contributed by atoms with E-state index in [2.05, 4.69) is 10.5 Å². The van der Waals surface area contributed by atoms with E-state index in [-0.39, 0.29) is 5.69 Å². The fourth-order valence-corrected chi connectivity index (χ4v) is 1.49. The topological polar surface area (TPSA) is 192 Å². The first kappa shape index (κ1) is 18.4. The van der Waals surface area contributed by atoms with Gasteiger partial charge in [0.05, 0.1) is 28.7 Å². The summed E-state index contributed by atoms with van der Waals surface area (Å²) in [6.07, 6.45) is -4.21. The van der Waals surface area contributed by atoms with Gasteiger partial charge in [-0.1, -0.05) is 0 Å². The Balaban J connectivity index is 2.87. The molecule has 12 heteroatoms. The number of anilines is 1. The third-order valence-corrected chi connectivity index (χ3v) is 2.73. The van der Waals surface area contributed by atoms with Gasteiger partial charge in [0.15, 0.2) is 0 Å². The fourth-order valence-electron chi connectivity index (χ4n) is 1.49. The molecule has 0 amide bonds. The summed E-state index contributed by atoms with van der Waals surface area (Å²) >= 11 is 0. The molecule has 0 saturated carbocycles. The van der Waals surface area contributed by atoms with Crippen LogP contribution in [-0.4, -0.2) is 61.4 Å². The number of rotatable bonds is 8. The van der Waals surface area contributed by atoms with Gasteiger partial charge >= 0.3 is 5.69 Å². The molecule has 12 nitrogen and oxygen atoms in total. The summed E-state index contributed by atoms with van der Waals surface area (Å²) in [6, 6.07) is 2.81. The van der Waals surface area contributed by atoms with E-state index in [4.69, 9.17) is 10.2 Å². The molecule has 3 atom stereocenters. The maximum absolute atomic E-state index is 10.9. The molecule has 0 radical (unpaired) electrons. The molecule has 0 heterocycles. The molecule has 0 spiro atoms. The molecule has 0 saturated heterocycles. The molecule has 1 rings (SSSR count). The maximum atomic E-state index is 10.9. The Kier molecular flexibility index (Phi) is 6.47. The molecule has 0 bridgehead atoms. The summed E-state index contributed by atoms with van der Waals surface area (Å²) < 4.78 is 0. The van der Waals surface area contributed by atoms with E-state index in [0.29, 0.717) is 0 Å². The van der Waals surface area contributed by atoms with Gasteiger partial charge in [-0.2, -0.15) is 5.10 Å². The van der Waals surface area contributed by atoms with E-state index in [1.54, 1.807) is 0 Å². The van der Waals surface area contributed by atoms with Gasteiger partial charge in [-0.25, -0.2) is 0 Å². The van der Waals surface area contributed by atoms with Gasteiger partial charge in [-0.3, -0.25) is 25.7 Å². The van der Waals surface area contributed by atoms with E-state index in [9.17, 15) is 30.4 Å². The van der Waals surface area contributed by atoms with E-state index >= 15 is 0 Å². The quantitative estimate of drug-likeness (QED) is 0.225. The van der Waals surface area contributed by atoms with Crippen LogP contribution in [0.3, 0.4) is 0 Å². The van der Waals surface area contributed by atoms with Crippen molar-refractivity contribution in [3.8, 4) is 0 Å². The average molecular weight is 330 g/mol. The van der Waals surface area contributed by atoms with Crippen molar-refractivity contribution in [2.75, 3.05) is 12.0 Å². The molecule has 23 heavy (non-hydrogen) atoms. The van der Waals surface area contributed by atoms with E-state index in [1.165, 1.54) is 0 Å². The Hall–Kier alpha value is -2.67. The molecule has 1 aromatic rings. The molecule has 126 valence electrons. The highest BCUT2D eigenvalue weighted by Crippen LogP contribution is 2.28. The van der Waals surface area contributed by atoms with Crippen LogP contribution in [-0.2, 0) is 0 Å². The van der Waals surface area contributed by atoms with E-state index in [1.807, 2.05) is 0 Å². The van der Waals surface area contributed by atoms with Crippen molar-refractivity contribution >= 4 is 23.3 Å². The largest absolute Gasteiger partial charge is 0.394 e. The smallest absolute Gasteiger partial charge is 0.301 e. The third-order valence-electron chi connectivity index (χ3n) is 2.73. The molecule has 0 aliphatic carbocycles. The summed E-state index contributed by atoms with van der Waals surface area (Å²) in [5.41, 5.74) is 0.926. The van der Waals surface area contributed by atoms with Crippen LogP contribution in [0.25, 0.3) is 0 Å². The number of benzene rings is 1. The SMILES string of the molecule is O=[N+]([O-])c1ccc(NN=C[C@H](O)[C@@H](O)[C@H](O)CO)c([N+](=O)[O-])c1. The number of nitro benzene ring substituents is 2. The van der Waals surface area contributed by atoms with Crippen molar-refractivity contribution < 1.29 is 30.3 Å². The molecule has 0 unspecified atom stereocenters. The number of nitro groups is 2. The molecule has 5 N–H and O–H groups in total. The number of aliphatic hydroxyl groups is 4. The lowest BCUT2D eigenvalue weighted by atomic mass is 10.1. The number of hydrogen-bond acceptors (Lipinski definition) is 10. The molecule has 1 aromatic carbocycles.